The summed E-state index contributed by atoms with van der Waals surface area (Å²) in [5.74, 6) is 0. The number of hydrogen-bond donors (Lipinski definition) is 0. The SMILES string of the molecule is O=c1ccn(CCc2ccccn2)cc1. The number of rotatable bonds is 3. The first-order valence-electron chi connectivity index (χ1n) is 4.90. The highest BCUT2D eigenvalue weighted by atomic mass is 16.1. The first-order valence-corrected chi connectivity index (χ1v) is 4.90. The minimum absolute atomic E-state index is 0.0455. The molecule has 15 heavy (non-hydrogen) atoms. The molecule has 0 spiro atoms. The van der Waals surface area contributed by atoms with E-state index in [1.165, 1.54) is 0 Å². The van der Waals surface area contributed by atoms with Gasteiger partial charge >= 0.3 is 0 Å². The van der Waals surface area contributed by atoms with Gasteiger partial charge < -0.3 is 4.57 Å². The second-order valence-electron chi connectivity index (χ2n) is 3.34. The lowest BCUT2D eigenvalue weighted by Gasteiger charge is -2.04. The lowest BCUT2D eigenvalue weighted by atomic mass is 10.2. The largest absolute Gasteiger partial charge is 0.354 e. The third kappa shape index (κ3) is 2.77. The summed E-state index contributed by atoms with van der Waals surface area (Å²) in [6.45, 7) is 0.845. The normalized spacial score (nSPS) is 10.1. The average Bonchev–Trinajstić information content (AvgIpc) is 2.30. The van der Waals surface area contributed by atoms with Gasteiger partial charge in [0.2, 0.25) is 0 Å². The Morgan fingerprint density at radius 1 is 1.13 bits per heavy atom. The molecule has 0 saturated carbocycles. The van der Waals surface area contributed by atoms with Crippen molar-refractivity contribution in [3.05, 3.63) is 64.8 Å². The van der Waals surface area contributed by atoms with Crippen molar-refractivity contribution in [2.75, 3.05) is 0 Å². The van der Waals surface area contributed by atoms with Gasteiger partial charge in [0.1, 0.15) is 0 Å². The molecule has 0 saturated heterocycles. The summed E-state index contributed by atoms with van der Waals surface area (Å²) in [6.07, 6.45) is 6.26. The highest BCUT2D eigenvalue weighted by Gasteiger charge is 1.93. The minimum atomic E-state index is 0.0455. The molecule has 2 heterocycles. The molecular weight excluding hydrogens is 188 g/mol. The van der Waals surface area contributed by atoms with Crippen molar-refractivity contribution in [3.63, 3.8) is 0 Å². The Kier molecular flexibility index (Phi) is 2.93. The van der Waals surface area contributed by atoms with Crippen LogP contribution in [0.2, 0.25) is 0 Å². The maximum absolute atomic E-state index is 10.9. The van der Waals surface area contributed by atoms with Gasteiger partial charge in [-0.15, -0.1) is 0 Å². The molecule has 2 rings (SSSR count). The third-order valence-corrected chi connectivity index (χ3v) is 2.21. The zero-order chi connectivity index (χ0) is 10.5. The first-order chi connectivity index (χ1) is 7.34. The molecule has 76 valence electrons. The number of hydrogen-bond acceptors (Lipinski definition) is 2. The van der Waals surface area contributed by atoms with E-state index in [1.54, 1.807) is 30.7 Å². The maximum Gasteiger partial charge on any atom is 0.181 e. The number of aromatic nitrogens is 2. The Hall–Kier alpha value is -1.90. The lowest BCUT2D eigenvalue weighted by molar-refractivity contribution is 0.680. The van der Waals surface area contributed by atoms with Crippen molar-refractivity contribution in [2.24, 2.45) is 0 Å². The first kappa shape index (κ1) is 9.65. The van der Waals surface area contributed by atoms with Crippen molar-refractivity contribution >= 4 is 0 Å². The molecule has 2 aromatic rings. The van der Waals surface area contributed by atoms with Crippen LogP contribution in [0.4, 0.5) is 0 Å². The fraction of sp³-hybridized carbons (Fsp3) is 0.167. The van der Waals surface area contributed by atoms with Gasteiger partial charge in [-0.3, -0.25) is 9.78 Å². The van der Waals surface area contributed by atoms with Gasteiger partial charge in [0.05, 0.1) is 0 Å². The van der Waals surface area contributed by atoms with Crippen molar-refractivity contribution < 1.29 is 0 Å². The standard InChI is InChI=1S/C12H12N2O/c15-12-5-9-14(10-6-12)8-4-11-3-1-2-7-13-11/h1-3,5-7,9-10H,4,8H2. The summed E-state index contributed by atoms with van der Waals surface area (Å²) in [6, 6.07) is 9.02. The summed E-state index contributed by atoms with van der Waals surface area (Å²) in [5.41, 5.74) is 1.11. The molecule has 0 aliphatic heterocycles. The Bertz CT molecular complexity index is 456. The van der Waals surface area contributed by atoms with E-state index in [-0.39, 0.29) is 5.43 Å². The van der Waals surface area contributed by atoms with Crippen molar-refractivity contribution in [1.29, 1.82) is 0 Å². The molecule has 0 atom stereocenters. The van der Waals surface area contributed by atoms with Crippen LogP contribution in [-0.4, -0.2) is 9.55 Å². The van der Waals surface area contributed by atoms with Gasteiger partial charge in [0.25, 0.3) is 0 Å². The Morgan fingerprint density at radius 3 is 2.60 bits per heavy atom. The fourth-order valence-corrected chi connectivity index (χ4v) is 1.38. The molecule has 2 aromatic heterocycles. The molecule has 0 amide bonds. The molecule has 0 bridgehead atoms. The summed E-state index contributed by atoms with van der Waals surface area (Å²) < 4.78 is 1.98. The lowest BCUT2D eigenvalue weighted by Crippen LogP contribution is -2.06. The van der Waals surface area contributed by atoms with E-state index in [0.717, 1.165) is 18.7 Å². The Morgan fingerprint density at radius 2 is 1.93 bits per heavy atom. The van der Waals surface area contributed by atoms with Crippen LogP contribution in [0.25, 0.3) is 0 Å². The van der Waals surface area contributed by atoms with E-state index in [0.29, 0.717) is 0 Å². The number of pyridine rings is 2. The zero-order valence-electron chi connectivity index (χ0n) is 8.34. The van der Waals surface area contributed by atoms with Crippen molar-refractivity contribution in [3.8, 4) is 0 Å². The van der Waals surface area contributed by atoms with Gasteiger partial charge in [0.15, 0.2) is 5.43 Å². The average molecular weight is 200 g/mol. The van der Waals surface area contributed by atoms with Crippen LogP contribution in [0.5, 0.6) is 0 Å². The van der Waals surface area contributed by atoms with Crippen LogP contribution in [0.15, 0.2) is 53.7 Å². The van der Waals surface area contributed by atoms with Gasteiger partial charge in [-0.1, -0.05) is 6.07 Å². The maximum atomic E-state index is 10.9. The van der Waals surface area contributed by atoms with Crippen molar-refractivity contribution in [1.82, 2.24) is 9.55 Å². The van der Waals surface area contributed by atoms with E-state index in [4.69, 9.17) is 0 Å². The Labute approximate surface area is 88.0 Å². The summed E-state index contributed by atoms with van der Waals surface area (Å²) in [5, 5.41) is 0. The quantitative estimate of drug-likeness (QED) is 0.752. The van der Waals surface area contributed by atoms with Crippen LogP contribution >= 0.6 is 0 Å². The second kappa shape index (κ2) is 4.55. The van der Waals surface area contributed by atoms with Crippen LogP contribution in [0.1, 0.15) is 5.69 Å². The smallest absolute Gasteiger partial charge is 0.181 e. The monoisotopic (exact) mass is 200 g/mol. The van der Waals surface area contributed by atoms with Gasteiger partial charge in [-0.25, -0.2) is 0 Å². The van der Waals surface area contributed by atoms with E-state index >= 15 is 0 Å². The molecule has 0 aliphatic carbocycles. The molecule has 3 nitrogen and oxygen atoms in total. The van der Waals surface area contributed by atoms with Crippen LogP contribution in [-0.2, 0) is 13.0 Å². The summed E-state index contributed by atoms with van der Waals surface area (Å²) >= 11 is 0. The molecule has 0 unspecified atom stereocenters. The molecule has 0 N–H and O–H groups in total. The van der Waals surface area contributed by atoms with E-state index in [2.05, 4.69) is 4.98 Å². The minimum Gasteiger partial charge on any atom is -0.354 e. The van der Waals surface area contributed by atoms with Crippen LogP contribution in [0.3, 0.4) is 0 Å². The molecule has 0 radical (unpaired) electrons. The summed E-state index contributed by atoms with van der Waals surface area (Å²) in [7, 11) is 0. The van der Waals surface area contributed by atoms with Gasteiger partial charge in [-0.05, 0) is 12.1 Å². The number of nitrogens with zero attached hydrogens (tertiary/aromatic N) is 2. The molecule has 3 heteroatoms. The third-order valence-electron chi connectivity index (χ3n) is 2.21. The molecule has 0 aliphatic rings. The van der Waals surface area contributed by atoms with Crippen LogP contribution < -0.4 is 5.43 Å². The number of aryl methyl sites for hydroxylation is 2. The molecule has 0 aromatic carbocycles. The Balaban J connectivity index is 1.99. The van der Waals surface area contributed by atoms with E-state index in [1.807, 2.05) is 22.8 Å². The fourth-order valence-electron chi connectivity index (χ4n) is 1.38. The molecular formula is C12H12N2O. The second-order valence-corrected chi connectivity index (χ2v) is 3.34. The van der Waals surface area contributed by atoms with Crippen LogP contribution in [0, 0.1) is 0 Å². The van der Waals surface area contributed by atoms with Crippen molar-refractivity contribution in [2.45, 2.75) is 13.0 Å². The van der Waals surface area contributed by atoms with E-state index < -0.39 is 0 Å². The van der Waals surface area contributed by atoms with Gasteiger partial charge in [-0.2, -0.15) is 0 Å². The highest BCUT2D eigenvalue weighted by molar-refractivity contribution is 5.03. The highest BCUT2D eigenvalue weighted by Crippen LogP contribution is 1.97. The predicted molar refractivity (Wildman–Crippen MR) is 58.6 cm³/mol. The molecule has 0 fully saturated rings. The van der Waals surface area contributed by atoms with Gasteiger partial charge in [0, 0.05) is 49.4 Å². The van der Waals surface area contributed by atoms with E-state index in [9.17, 15) is 4.79 Å². The summed E-state index contributed by atoms with van der Waals surface area (Å²) in [4.78, 5) is 15.1. The topological polar surface area (TPSA) is 34.9 Å². The zero-order valence-corrected chi connectivity index (χ0v) is 8.34. The predicted octanol–water partition coefficient (Wildman–Crippen LogP) is 1.49.